The monoisotopic (exact) mass is 486 g/mol. The molecule has 5 rings (SSSR count). The average Bonchev–Trinajstić information content (AvgIpc) is 3.09. The van der Waals surface area contributed by atoms with Crippen LogP contribution in [0.15, 0.2) is 101 Å². The van der Waals surface area contributed by atoms with Gasteiger partial charge in [0.15, 0.2) is 0 Å². The summed E-state index contributed by atoms with van der Waals surface area (Å²) in [4.78, 5) is 10.3. The fourth-order valence-electron chi connectivity index (χ4n) is 3.80. The highest BCUT2D eigenvalue weighted by molar-refractivity contribution is 7.99. The zero-order valence-electron chi connectivity index (χ0n) is 18.6. The first kappa shape index (κ1) is 22.5. The van der Waals surface area contributed by atoms with Gasteiger partial charge in [-0.25, -0.2) is 4.98 Å². The number of benzene rings is 3. The topological polar surface area (TPSA) is 43.7 Å². The average molecular weight is 487 g/mol. The fourth-order valence-corrected chi connectivity index (χ4v) is 5.14. The molecule has 1 atom stereocenters. The molecule has 0 bridgehead atoms. The van der Waals surface area contributed by atoms with Gasteiger partial charge in [-0.1, -0.05) is 41.9 Å². The zero-order chi connectivity index (χ0) is 23.3. The van der Waals surface area contributed by atoms with Crippen LogP contribution in [0.25, 0.3) is 0 Å². The first-order valence-corrected chi connectivity index (χ1v) is 12.2. The molecule has 0 spiro atoms. The van der Waals surface area contributed by atoms with Gasteiger partial charge in [-0.3, -0.25) is 4.99 Å². The summed E-state index contributed by atoms with van der Waals surface area (Å²) in [5, 5.41) is 0.728. The number of rotatable bonds is 6. The van der Waals surface area contributed by atoms with E-state index in [9.17, 15) is 0 Å². The first-order chi connectivity index (χ1) is 16.7. The number of hydrogen-bond donors (Lipinski definition) is 0. The van der Waals surface area contributed by atoms with Gasteiger partial charge in [0.05, 0.1) is 12.8 Å². The van der Waals surface area contributed by atoms with Gasteiger partial charge in [0, 0.05) is 34.0 Å². The highest BCUT2D eigenvalue weighted by Gasteiger charge is 2.22. The molecule has 6 heteroatoms. The molecule has 0 radical (unpaired) electrons. The van der Waals surface area contributed by atoms with Crippen LogP contribution in [0.1, 0.15) is 28.4 Å². The lowest BCUT2D eigenvalue weighted by Gasteiger charge is -2.17. The summed E-state index contributed by atoms with van der Waals surface area (Å²) in [5.74, 6) is 1.66. The van der Waals surface area contributed by atoms with Gasteiger partial charge in [0.1, 0.15) is 23.3 Å². The van der Waals surface area contributed by atoms with Crippen LogP contribution in [0.5, 0.6) is 11.5 Å². The van der Waals surface area contributed by atoms with Gasteiger partial charge < -0.3 is 9.47 Å². The second-order valence-electron chi connectivity index (χ2n) is 7.91. The van der Waals surface area contributed by atoms with E-state index in [-0.39, 0.29) is 5.25 Å². The third-order valence-electron chi connectivity index (χ3n) is 5.64. The number of nitrogens with zero attached hydrogens (tertiary/aromatic N) is 2. The molecular weight excluding hydrogens is 464 g/mol. The van der Waals surface area contributed by atoms with Crippen LogP contribution in [0.2, 0.25) is 5.15 Å². The van der Waals surface area contributed by atoms with Crippen molar-refractivity contribution in [3.8, 4) is 11.5 Å². The number of halogens is 1. The molecule has 34 heavy (non-hydrogen) atoms. The molecule has 0 N–H and O–H groups in total. The Morgan fingerprint density at radius 1 is 0.912 bits per heavy atom. The highest BCUT2D eigenvalue weighted by atomic mass is 35.5. The van der Waals surface area contributed by atoms with E-state index < -0.39 is 0 Å². The lowest BCUT2D eigenvalue weighted by molar-refractivity contribution is 0.306. The molecule has 0 saturated heterocycles. The summed E-state index contributed by atoms with van der Waals surface area (Å²) >= 11 is 7.71. The van der Waals surface area contributed by atoms with Crippen molar-refractivity contribution in [2.24, 2.45) is 4.99 Å². The quantitative estimate of drug-likeness (QED) is 0.262. The van der Waals surface area contributed by atoms with Crippen LogP contribution in [0.3, 0.4) is 0 Å². The van der Waals surface area contributed by atoms with Crippen LogP contribution < -0.4 is 9.47 Å². The van der Waals surface area contributed by atoms with Gasteiger partial charge in [-0.2, -0.15) is 0 Å². The van der Waals surface area contributed by atoms with Crippen molar-refractivity contribution in [3.63, 3.8) is 0 Å². The van der Waals surface area contributed by atoms with Gasteiger partial charge in [0.2, 0.25) is 0 Å². The predicted molar refractivity (Wildman–Crippen MR) is 139 cm³/mol. The highest BCUT2D eigenvalue weighted by Crippen LogP contribution is 2.45. The molecular formula is C28H23ClN2O2S. The predicted octanol–water partition coefficient (Wildman–Crippen LogP) is 7.68. The van der Waals surface area contributed by atoms with Crippen molar-refractivity contribution in [1.82, 2.24) is 4.98 Å². The van der Waals surface area contributed by atoms with Gasteiger partial charge in [-0.05, 0) is 65.7 Å². The molecule has 1 aliphatic rings. The maximum Gasteiger partial charge on any atom is 0.129 e. The van der Waals surface area contributed by atoms with Gasteiger partial charge in [-0.15, -0.1) is 11.8 Å². The number of aromatic nitrogens is 1. The van der Waals surface area contributed by atoms with Crippen molar-refractivity contribution in [1.29, 1.82) is 0 Å². The van der Waals surface area contributed by atoms with E-state index in [0.29, 0.717) is 11.8 Å². The molecule has 0 amide bonds. The van der Waals surface area contributed by atoms with Crippen molar-refractivity contribution in [2.75, 3.05) is 7.11 Å². The molecule has 4 nitrogen and oxygen atoms in total. The summed E-state index contributed by atoms with van der Waals surface area (Å²) in [6.07, 6.45) is 2.55. The maximum atomic E-state index is 5.93. The van der Waals surface area contributed by atoms with Crippen molar-refractivity contribution >= 4 is 34.8 Å². The molecule has 0 saturated carbocycles. The van der Waals surface area contributed by atoms with Crippen molar-refractivity contribution in [3.05, 3.63) is 113 Å². The Morgan fingerprint density at radius 2 is 1.68 bits per heavy atom. The van der Waals surface area contributed by atoms with E-state index in [1.807, 2.05) is 48.2 Å². The lowest BCUT2D eigenvalue weighted by Crippen LogP contribution is -2.05. The number of pyridine rings is 1. The summed E-state index contributed by atoms with van der Waals surface area (Å²) in [6, 6.07) is 28.5. The number of thioether (sulfide) groups is 1. The molecule has 3 aromatic carbocycles. The minimum Gasteiger partial charge on any atom is -0.497 e. The molecule has 2 heterocycles. The molecule has 0 aliphatic carbocycles. The van der Waals surface area contributed by atoms with E-state index in [1.54, 1.807) is 19.4 Å². The van der Waals surface area contributed by atoms with E-state index >= 15 is 0 Å². The van der Waals surface area contributed by atoms with Gasteiger partial charge >= 0.3 is 0 Å². The number of methoxy groups -OCH3 is 1. The molecule has 4 aromatic rings. The van der Waals surface area contributed by atoms with E-state index in [2.05, 4.69) is 47.4 Å². The van der Waals surface area contributed by atoms with Crippen LogP contribution in [0.4, 0.5) is 5.69 Å². The number of para-hydroxylation sites is 1. The van der Waals surface area contributed by atoms with Crippen molar-refractivity contribution in [2.45, 2.75) is 23.2 Å². The Labute approximate surface area is 208 Å². The SMILES string of the molecule is COc1ccc(C2CC(c3ccc(OCc4ccc(Cl)nc4)cc3)=Nc3ccccc3S2)cc1. The van der Waals surface area contributed by atoms with E-state index in [0.717, 1.165) is 40.4 Å². The van der Waals surface area contributed by atoms with Crippen LogP contribution >= 0.6 is 23.4 Å². The van der Waals surface area contributed by atoms with Crippen LogP contribution in [-0.2, 0) is 6.61 Å². The lowest BCUT2D eigenvalue weighted by atomic mass is 10.0. The maximum absolute atomic E-state index is 5.93. The minimum atomic E-state index is 0.252. The Morgan fingerprint density at radius 3 is 2.41 bits per heavy atom. The molecule has 1 aliphatic heterocycles. The van der Waals surface area contributed by atoms with Crippen LogP contribution in [0, 0.1) is 0 Å². The van der Waals surface area contributed by atoms with Crippen molar-refractivity contribution < 1.29 is 9.47 Å². The van der Waals surface area contributed by atoms with E-state index in [1.165, 1.54) is 10.5 Å². The number of ether oxygens (including phenoxy) is 2. The minimum absolute atomic E-state index is 0.252. The largest absolute Gasteiger partial charge is 0.497 e. The Hall–Kier alpha value is -3.28. The second-order valence-corrected chi connectivity index (χ2v) is 9.54. The Balaban J connectivity index is 1.38. The number of aliphatic imine (C=N–C) groups is 1. The summed E-state index contributed by atoms with van der Waals surface area (Å²) in [5.41, 5.74) is 5.39. The summed E-state index contributed by atoms with van der Waals surface area (Å²) < 4.78 is 11.3. The van der Waals surface area contributed by atoms with Crippen LogP contribution in [-0.4, -0.2) is 17.8 Å². The smallest absolute Gasteiger partial charge is 0.129 e. The Bertz CT molecular complexity index is 1290. The molecule has 1 aromatic heterocycles. The molecule has 1 unspecified atom stereocenters. The number of hydrogen-bond acceptors (Lipinski definition) is 5. The fraction of sp³-hybridized carbons (Fsp3) is 0.143. The third kappa shape index (κ3) is 5.27. The first-order valence-electron chi connectivity index (χ1n) is 11.0. The van der Waals surface area contributed by atoms with E-state index in [4.69, 9.17) is 26.1 Å². The zero-order valence-corrected chi connectivity index (χ0v) is 20.2. The summed E-state index contributed by atoms with van der Waals surface area (Å²) in [7, 11) is 1.69. The standard InChI is InChI=1S/C28H23ClN2O2S/c1-32-22-11-9-21(10-12-22)27-16-25(31-24-4-2-3-5-26(24)34-27)20-7-13-23(14-8-20)33-18-19-6-15-28(29)30-17-19/h2-15,17,27H,16,18H2,1H3. The number of fused-ring (bicyclic) bond motifs is 1. The summed E-state index contributed by atoms with van der Waals surface area (Å²) in [6.45, 7) is 0.439. The van der Waals surface area contributed by atoms with Gasteiger partial charge in [0.25, 0.3) is 0 Å². The third-order valence-corrected chi connectivity index (χ3v) is 7.18. The normalized spacial score (nSPS) is 15.1. The molecule has 170 valence electrons. The Kier molecular flexibility index (Phi) is 6.84. The second kappa shape index (κ2) is 10.3. The molecule has 0 fully saturated rings.